The number of aryl methyl sites for hydroxylation is 1. The van der Waals surface area contributed by atoms with Crippen molar-refractivity contribution >= 4 is 0 Å². The van der Waals surface area contributed by atoms with Crippen LogP contribution >= 0.6 is 0 Å². The molecule has 0 fully saturated rings. The van der Waals surface area contributed by atoms with Gasteiger partial charge in [0.1, 0.15) is 0 Å². The van der Waals surface area contributed by atoms with E-state index < -0.39 is 0 Å². The van der Waals surface area contributed by atoms with Crippen molar-refractivity contribution in [3.05, 3.63) is 35.4 Å². The summed E-state index contributed by atoms with van der Waals surface area (Å²) < 4.78 is 0. The van der Waals surface area contributed by atoms with E-state index >= 15 is 0 Å². The monoisotopic (exact) mass is 261 g/mol. The second kappa shape index (κ2) is 10.0. The lowest BCUT2D eigenvalue weighted by Crippen LogP contribution is -2.13. The topological polar surface area (TPSA) is 26.0 Å². The van der Waals surface area contributed by atoms with Crippen LogP contribution in [0.15, 0.2) is 24.3 Å². The first-order chi connectivity index (χ1) is 9.29. The molecule has 108 valence electrons. The Morgan fingerprint density at radius 2 is 1.58 bits per heavy atom. The molecule has 0 aliphatic carbocycles. The van der Waals surface area contributed by atoms with E-state index in [4.69, 9.17) is 5.73 Å². The highest BCUT2D eigenvalue weighted by Crippen LogP contribution is 2.24. The second-order valence-electron chi connectivity index (χ2n) is 5.70. The van der Waals surface area contributed by atoms with Gasteiger partial charge in [0, 0.05) is 0 Å². The van der Waals surface area contributed by atoms with Crippen LogP contribution < -0.4 is 5.73 Å². The van der Waals surface area contributed by atoms with Gasteiger partial charge in [-0.05, 0) is 36.9 Å². The fourth-order valence-corrected chi connectivity index (χ4v) is 2.79. The summed E-state index contributed by atoms with van der Waals surface area (Å²) in [5.41, 5.74) is 8.80. The van der Waals surface area contributed by atoms with Crippen LogP contribution in [0.2, 0.25) is 0 Å². The lowest BCUT2D eigenvalue weighted by Gasteiger charge is -2.17. The number of nitrogens with two attached hydrogens (primary N) is 1. The van der Waals surface area contributed by atoms with Crippen molar-refractivity contribution in [1.82, 2.24) is 0 Å². The zero-order valence-corrected chi connectivity index (χ0v) is 12.8. The second-order valence-corrected chi connectivity index (χ2v) is 5.70. The quantitative estimate of drug-likeness (QED) is 0.577. The van der Waals surface area contributed by atoms with E-state index in [2.05, 4.69) is 38.1 Å². The van der Waals surface area contributed by atoms with Crippen molar-refractivity contribution in [1.29, 1.82) is 0 Å². The van der Waals surface area contributed by atoms with Gasteiger partial charge in [-0.15, -0.1) is 0 Å². The Balaban J connectivity index is 2.24. The Kier molecular flexibility index (Phi) is 8.57. The standard InChI is InChI=1S/C18H31N/c1-3-4-5-6-7-8-9-13-17(15-19)18-14-11-10-12-16(18)2/h10-12,14,17H,3-9,13,15,19H2,1-2H3. The van der Waals surface area contributed by atoms with Crippen LogP contribution in [0.25, 0.3) is 0 Å². The Bertz CT molecular complexity index is 332. The van der Waals surface area contributed by atoms with Crippen molar-refractivity contribution in [3.63, 3.8) is 0 Å². The van der Waals surface area contributed by atoms with Crippen molar-refractivity contribution in [2.45, 2.75) is 71.1 Å². The normalized spacial score (nSPS) is 12.6. The van der Waals surface area contributed by atoms with Gasteiger partial charge < -0.3 is 5.73 Å². The fraction of sp³-hybridized carbons (Fsp3) is 0.667. The first-order valence-electron chi connectivity index (χ1n) is 8.05. The lowest BCUT2D eigenvalue weighted by atomic mass is 9.90. The van der Waals surface area contributed by atoms with E-state index in [1.54, 1.807) is 0 Å². The molecule has 1 atom stereocenters. The molecule has 1 unspecified atom stereocenters. The summed E-state index contributed by atoms with van der Waals surface area (Å²) in [7, 11) is 0. The summed E-state index contributed by atoms with van der Waals surface area (Å²) in [6, 6.07) is 8.69. The van der Waals surface area contributed by atoms with E-state index in [9.17, 15) is 0 Å². The van der Waals surface area contributed by atoms with Gasteiger partial charge in [0.2, 0.25) is 0 Å². The van der Waals surface area contributed by atoms with E-state index in [0.717, 1.165) is 6.54 Å². The van der Waals surface area contributed by atoms with Gasteiger partial charge in [0.25, 0.3) is 0 Å². The van der Waals surface area contributed by atoms with Crippen molar-refractivity contribution in [2.75, 3.05) is 6.54 Å². The Morgan fingerprint density at radius 1 is 0.947 bits per heavy atom. The molecule has 0 saturated heterocycles. The van der Waals surface area contributed by atoms with Crippen LogP contribution in [-0.4, -0.2) is 6.54 Å². The largest absolute Gasteiger partial charge is 0.330 e. The molecule has 1 heteroatoms. The van der Waals surface area contributed by atoms with Crippen LogP contribution in [0, 0.1) is 6.92 Å². The molecule has 0 radical (unpaired) electrons. The Morgan fingerprint density at radius 3 is 2.21 bits per heavy atom. The van der Waals surface area contributed by atoms with Gasteiger partial charge in [-0.3, -0.25) is 0 Å². The number of hydrogen-bond donors (Lipinski definition) is 1. The molecule has 1 aromatic rings. The molecule has 0 heterocycles. The fourth-order valence-electron chi connectivity index (χ4n) is 2.79. The van der Waals surface area contributed by atoms with Crippen LogP contribution in [0.5, 0.6) is 0 Å². The minimum absolute atomic E-state index is 0.553. The molecule has 0 aromatic heterocycles. The Hall–Kier alpha value is -0.820. The third-order valence-electron chi connectivity index (χ3n) is 4.07. The molecule has 1 nitrogen and oxygen atoms in total. The molecule has 19 heavy (non-hydrogen) atoms. The molecule has 1 rings (SSSR count). The average molecular weight is 261 g/mol. The highest BCUT2D eigenvalue weighted by Gasteiger charge is 2.11. The Labute approximate surface area is 119 Å². The highest BCUT2D eigenvalue weighted by atomic mass is 14.5. The highest BCUT2D eigenvalue weighted by molar-refractivity contribution is 5.29. The summed E-state index contributed by atoms with van der Waals surface area (Å²) in [4.78, 5) is 0. The van der Waals surface area contributed by atoms with E-state index in [0.29, 0.717) is 5.92 Å². The van der Waals surface area contributed by atoms with E-state index in [1.807, 2.05) is 0 Å². The first kappa shape index (κ1) is 16.2. The van der Waals surface area contributed by atoms with E-state index in [1.165, 1.54) is 62.5 Å². The van der Waals surface area contributed by atoms with E-state index in [-0.39, 0.29) is 0 Å². The third kappa shape index (κ3) is 6.24. The maximum atomic E-state index is 5.95. The van der Waals surface area contributed by atoms with Crippen LogP contribution in [-0.2, 0) is 0 Å². The molecule has 0 amide bonds. The number of hydrogen-bond acceptors (Lipinski definition) is 1. The van der Waals surface area contributed by atoms with Crippen LogP contribution in [0.3, 0.4) is 0 Å². The predicted molar refractivity (Wildman–Crippen MR) is 85.6 cm³/mol. The number of unbranched alkanes of at least 4 members (excludes halogenated alkanes) is 6. The van der Waals surface area contributed by atoms with Crippen LogP contribution in [0.1, 0.15) is 75.3 Å². The summed E-state index contributed by atoms with van der Waals surface area (Å²) in [5.74, 6) is 0.553. The molecule has 1 aromatic carbocycles. The summed E-state index contributed by atoms with van der Waals surface area (Å²) in [6.07, 6.45) is 10.9. The number of benzene rings is 1. The molecule has 0 saturated carbocycles. The van der Waals surface area contributed by atoms with Gasteiger partial charge in [0.05, 0.1) is 0 Å². The predicted octanol–water partition coefficient (Wildman–Crippen LogP) is 5.18. The van der Waals surface area contributed by atoms with Crippen molar-refractivity contribution in [2.24, 2.45) is 5.73 Å². The maximum Gasteiger partial charge on any atom is -0.000814 e. The van der Waals surface area contributed by atoms with Gasteiger partial charge in [0.15, 0.2) is 0 Å². The maximum absolute atomic E-state index is 5.95. The lowest BCUT2D eigenvalue weighted by molar-refractivity contribution is 0.536. The van der Waals surface area contributed by atoms with Gasteiger partial charge >= 0.3 is 0 Å². The minimum Gasteiger partial charge on any atom is -0.330 e. The molecule has 0 bridgehead atoms. The SMILES string of the molecule is CCCCCCCCCC(CN)c1ccccc1C. The van der Waals surface area contributed by atoms with Crippen molar-refractivity contribution in [3.8, 4) is 0 Å². The van der Waals surface area contributed by atoms with Crippen molar-refractivity contribution < 1.29 is 0 Å². The molecule has 2 N–H and O–H groups in total. The van der Waals surface area contributed by atoms with Gasteiger partial charge in [-0.2, -0.15) is 0 Å². The smallest absolute Gasteiger partial charge is 0.000814 e. The average Bonchev–Trinajstić information content (AvgIpc) is 2.43. The molecule has 0 spiro atoms. The summed E-state index contributed by atoms with van der Waals surface area (Å²) >= 11 is 0. The number of rotatable bonds is 10. The van der Waals surface area contributed by atoms with Crippen LogP contribution in [0.4, 0.5) is 0 Å². The minimum atomic E-state index is 0.553. The summed E-state index contributed by atoms with van der Waals surface area (Å²) in [6.45, 7) is 5.25. The zero-order valence-electron chi connectivity index (χ0n) is 12.8. The third-order valence-corrected chi connectivity index (χ3v) is 4.07. The molecule has 0 aliphatic rings. The first-order valence-corrected chi connectivity index (χ1v) is 8.05. The molecular formula is C18H31N. The molecule has 0 aliphatic heterocycles. The van der Waals surface area contributed by atoms with Gasteiger partial charge in [-0.1, -0.05) is 76.1 Å². The zero-order chi connectivity index (χ0) is 13.9. The van der Waals surface area contributed by atoms with Gasteiger partial charge in [-0.25, -0.2) is 0 Å². The summed E-state index contributed by atoms with van der Waals surface area (Å²) in [5, 5.41) is 0. The molecular weight excluding hydrogens is 230 g/mol.